The van der Waals surface area contributed by atoms with Gasteiger partial charge in [0.2, 0.25) is 0 Å². The number of methoxy groups -OCH3 is 1. The number of hydrogen-bond acceptors (Lipinski definition) is 2. The molecule has 0 saturated carbocycles. The van der Waals surface area contributed by atoms with E-state index < -0.39 is 11.4 Å². The summed E-state index contributed by atoms with van der Waals surface area (Å²) in [5.74, 6) is -0.289. The van der Waals surface area contributed by atoms with Crippen molar-refractivity contribution in [2.45, 2.75) is 25.7 Å². The molecular weight excluding hydrogens is 228 g/mol. The standard InChI is InChI=1S/C12H15ClO3/c1-12(2,7-10(14)15)8-5-4-6-9(13)11(8)16-3/h4-6H,7H2,1-3H3,(H,14,15). The number of para-hydroxylation sites is 1. The second kappa shape index (κ2) is 4.74. The van der Waals surface area contributed by atoms with E-state index in [1.54, 1.807) is 12.1 Å². The van der Waals surface area contributed by atoms with Crippen molar-refractivity contribution in [2.24, 2.45) is 0 Å². The summed E-state index contributed by atoms with van der Waals surface area (Å²) in [7, 11) is 1.53. The lowest BCUT2D eigenvalue weighted by molar-refractivity contribution is -0.138. The number of hydrogen-bond donors (Lipinski definition) is 1. The maximum Gasteiger partial charge on any atom is 0.304 e. The zero-order valence-electron chi connectivity index (χ0n) is 9.58. The van der Waals surface area contributed by atoms with Crippen LogP contribution in [0.15, 0.2) is 18.2 Å². The van der Waals surface area contributed by atoms with Gasteiger partial charge in [-0.25, -0.2) is 0 Å². The molecule has 0 saturated heterocycles. The summed E-state index contributed by atoms with van der Waals surface area (Å²) in [6.45, 7) is 3.71. The van der Waals surface area contributed by atoms with Gasteiger partial charge in [0.15, 0.2) is 0 Å². The molecule has 0 aromatic heterocycles. The predicted octanol–water partition coefficient (Wildman–Crippen LogP) is 3.10. The molecule has 1 aromatic rings. The summed E-state index contributed by atoms with van der Waals surface area (Å²) in [5.41, 5.74) is 0.298. The number of aliphatic carboxylic acids is 1. The Balaban J connectivity index is 3.21. The zero-order chi connectivity index (χ0) is 12.3. The summed E-state index contributed by atoms with van der Waals surface area (Å²) in [4.78, 5) is 10.8. The number of carbonyl (C=O) groups is 1. The monoisotopic (exact) mass is 242 g/mol. The first kappa shape index (κ1) is 12.8. The van der Waals surface area contributed by atoms with Crippen LogP contribution in [0, 0.1) is 0 Å². The molecule has 0 bridgehead atoms. The fourth-order valence-corrected chi connectivity index (χ4v) is 1.97. The second-order valence-electron chi connectivity index (χ2n) is 4.28. The summed E-state index contributed by atoms with van der Waals surface area (Å²) in [6, 6.07) is 5.36. The van der Waals surface area contributed by atoms with Crippen molar-refractivity contribution >= 4 is 17.6 Å². The number of carboxylic acids is 1. The topological polar surface area (TPSA) is 46.5 Å². The van der Waals surface area contributed by atoms with Crippen molar-refractivity contribution in [1.82, 2.24) is 0 Å². The van der Waals surface area contributed by atoms with Crippen LogP contribution >= 0.6 is 11.6 Å². The van der Waals surface area contributed by atoms with E-state index >= 15 is 0 Å². The molecule has 0 aliphatic heterocycles. The Morgan fingerprint density at radius 1 is 1.50 bits per heavy atom. The van der Waals surface area contributed by atoms with Gasteiger partial charge >= 0.3 is 5.97 Å². The van der Waals surface area contributed by atoms with Gasteiger partial charge in [0.05, 0.1) is 18.6 Å². The molecule has 0 radical (unpaired) electrons. The van der Waals surface area contributed by atoms with Gasteiger partial charge in [-0.1, -0.05) is 37.6 Å². The van der Waals surface area contributed by atoms with Crippen molar-refractivity contribution in [3.8, 4) is 5.75 Å². The van der Waals surface area contributed by atoms with Gasteiger partial charge in [-0.3, -0.25) is 4.79 Å². The van der Waals surface area contributed by atoms with Crippen LogP contribution in [0.25, 0.3) is 0 Å². The first-order valence-corrected chi connectivity index (χ1v) is 5.31. The molecule has 0 atom stereocenters. The molecule has 1 rings (SSSR count). The number of rotatable bonds is 4. The van der Waals surface area contributed by atoms with Gasteiger partial charge in [0.25, 0.3) is 0 Å². The molecule has 0 fully saturated rings. The molecule has 88 valence electrons. The van der Waals surface area contributed by atoms with Gasteiger partial charge in [-0.15, -0.1) is 0 Å². The van der Waals surface area contributed by atoms with Crippen LogP contribution in [-0.2, 0) is 10.2 Å². The van der Waals surface area contributed by atoms with E-state index in [4.69, 9.17) is 21.4 Å². The molecule has 1 aromatic carbocycles. The third-order valence-corrected chi connectivity index (χ3v) is 2.79. The highest BCUT2D eigenvalue weighted by Gasteiger charge is 2.28. The molecule has 3 nitrogen and oxygen atoms in total. The molecule has 0 aliphatic rings. The number of benzene rings is 1. The van der Waals surface area contributed by atoms with Crippen molar-refractivity contribution < 1.29 is 14.6 Å². The van der Waals surface area contributed by atoms with Gasteiger partial charge in [-0.2, -0.15) is 0 Å². The highest BCUT2D eigenvalue weighted by Crippen LogP contribution is 2.38. The Morgan fingerprint density at radius 3 is 2.62 bits per heavy atom. The summed E-state index contributed by atoms with van der Waals surface area (Å²) in [6.07, 6.45) is 0.0315. The molecule has 0 amide bonds. The van der Waals surface area contributed by atoms with Crippen LogP contribution in [0.2, 0.25) is 5.02 Å². The Hall–Kier alpha value is -1.22. The van der Waals surface area contributed by atoms with Crippen molar-refractivity contribution in [2.75, 3.05) is 7.11 Å². The Labute approximate surface area is 100.0 Å². The van der Waals surface area contributed by atoms with Crippen LogP contribution in [0.5, 0.6) is 5.75 Å². The van der Waals surface area contributed by atoms with Gasteiger partial charge in [-0.05, 0) is 6.07 Å². The van der Waals surface area contributed by atoms with Crippen molar-refractivity contribution in [3.05, 3.63) is 28.8 Å². The average molecular weight is 243 g/mol. The van der Waals surface area contributed by atoms with Crippen molar-refractivity contribution in [1.29, 1.82) is 0 Å². The lowest BCUT2D eigenvalue weighted by Gasteiger charge is -2.25. The molecular formula is C12H15ClO3. The van der Waals surface area contributed by atoms with Gasteiger partial charge in [0.1, 0.15) is 5.75 Å². The number of halogens is 1. The van der Waals surface area contributed by atoms with Crippen LogP contribution in [0.4, 0.5) is 0 Å². The fraction of sp³-hybridized carbons (Fsp3) is 0.417. The van der Waals surface area contributed by atoms with E-state index in [1.807, 2.05) is 19.9 Å². The van der Waals surface area contributed by atoms with E-state index in [1.165, 1.54) is 7.11 Å². The van der Waals surface area contributed by atoms with E-state index in [0.29, 0.717) is 10.8 Å². The Kier molecular flexibility index (Phi) is 3.81. The van der Waals surface area contributed by atoms with Crippen molar-refractivity contribution in [3.63, 3.8) is 0 Å². The predicted molar refractivity (Wildman–Crippen MR) is 63.3 cm³/mol. The molecule has 0 unspecified atom stereocenters. The highest BCUT2D eigenvalue weighted by molar-refractivity contribution is 6.32. The lowest BCUT2D eigenvalue weighted by atomic mass is 9.81. The summed E-state index contributed by atoms with van der Waals surface area (Å²) >= 11 is 6.00. The van der Waals surface area contributed by atoms with Crippen LogP contribution in [0.1, 0.15) is 25.8 Å². The summed E-state index contributed by atoms with van der Waals surface area (Å²) in [5, 5.41) is 9.37. The Bertz CT molecular complexity index is 399. The minimum absolute atomic E-state index is 0.0315. The minimum atomic E-state index is -0.841. The first-order valence-electron chi connectivity index (χ1n) is 4.93. The molecule has 4 heteroatoms. The molecule has 0 spiro atoms. The lowest BCUT2D eigenvalue weighted by Crippen LogP contribution is -2.22. The molecule has 1 N–H and O–H groups in total. The van der Waals surface area contributed by atoms with E-state index in [9.17, 15) is 4.79 Å². The van der Waals surface area contributed by atoms with Crippen LogP contribution < -0.4 is 4.74 Å². The third kappa shape index (κ3) is 2.67. The minimum Gasteiger partial charge on any atom is -0.495 e. The maximum atomic E-state index is 10.8. The van der Waals surface area contributed by atoms with E-state index in [2.05, 4.69) is 0 Å². The second-order valence-corrected chi connectivity index (χ2v) is 4.68. The van der Waals surface area contributed by atoms with E-state index in [0.717, 1.165) is 5.56 Å². The SMILES string of the molecule is COc1c(Cl)cccc1C(C)(C)CC(=O)O. The third-order valence-electron chi connectivity index (χ3n) is 2.49. The van der Waals surface area contributed by atoms with Crippen LogP contribution in [-0.4, -0.2) is 18.2 Å². The first-order chi connectivity index (χ1) is 7.38. The normalized spacial score (nSPS) is 11.2. The highest BCUT2D eigenvalue weighted by atomic mass is 35.5. The maximum absolute atomic E-state index is 10.8. The molecule has 16 heavy (non-hydrogen) atoms. The number of ether oxygens (including phenoxy) is 1. The number of carboxylic acid groups (broad SMARTS) is 1. The fourth-order valence-electron chi connectivity index (χ4n) is 1.72. The van der Waals surface area contributed by atoms with Gasteiger partial charge in [0, 0.05) is 11.0 Å². The molecule has 0 aliphatic carbocycles. The quantitative estimate of drug-likeness (QED) is 0.883. The zero-order valence-corrected chi connectivity index (χ0v) is 10.3. The molecule has 0 heterocycles. The summed E-state index contributed by atoms with van der Waals surface area (Å²) < 4.78 is 5.22. The van der Waals surface area contributed by atoms with Crippen LogP contribution in [0.3, 0.4) is 0 Å². The Morgan fingerprint density at radius 2 is 2.12 bits per heavy atom. The van der Waals surface area contributed by atoms with E-state index in [-0.39, 0.29) is 6.42 Å². The van der Waals surface area contributed by atoms with Gasteiger partial charge < -0.3 is 9.84 Å². The average Bonchev–Trinajstić information content (AvgIpc) is 2.15. The smallest absolute Gasteiger partial charge is 0.304 e. The largest absolute Gasteiger partial charge is 0.495 e.